The highest BCUT2D eigenvalue weighted by Gasteiger charge is 2.41. The van der Waals surface area contributed by atoms with Gasteiger partial charge in [-0.1, -0.05) is 12.1 Å². The van der Waals surface area contributed by atoms with Crippen molar-refractivity contribution in [3.05, 3.63) is 23.8 Å². The number of benzene rings is 1. The lowest BCUT2D eigenvalue weighted by Crippen LogP contribution is -2.43. The monoisotopic (exact) mass is 293 g/mol. The smallest absolute Gasteiger partial charge is 0.307 e. The largest absolute Gasteiger partial charge is 0.493 e. The van der Waals surface area contributed by atoms with E-state index in [9.17, 15) is 9.59 Å². The number of amides is 1. The van der Waals surface area contributed by atoms with Gasteiger partial charge < -0.3 is 19.9 Å². The molecule has 0 aromatic heterocycles. The lowest BCUT2D eigenvalue weighted by molar-refractivity contribution is -0.152. The van der Waals surface area contributed by atoms with Gasteiger partial charge in [-0.3, -0.25) is 9.59 Å². The maximum Gasteiger partial charge on any atom is 0.307 e. The summed E-state index contributed by atoms with van der Waals surface area (Å²) in [5.74, 6) is -0.949. The second-order valence-corrected chi connectivity index (χ2v) is 5.00. The molecule has 114 valence electrons. The molecule has 6 heteroatoms. The van der Waals surface area contributed by atoms with Crippen molar-refractivity contribution in [3.8, 4) is 11.5 Å². The van der Waals surface area contributed by atoms with Crippen LogP contribution in [0, 0.1) is 11.8 Å². The van der Waals surface area contributed by atoms with Gasteiger partial charge >= 0.3 is 5.97 Å². The minimum absolute atomic E-state index is 0.224. The van der Waals surface area contributed by atoms with Crippen molar-refractivity contribution in [1.82, 2.24) is 5.32 Å². The summed E-state index contributed by atoms with van der Waals surface area (Å²) >= 11 is 0. The zero-order valence-electron chi connectivity index (χ0n) is 12.1. The maximum absolute atomic E-state index is 12.0. The van der Waals surface area contributed by atoms with E-state index in [1.807, 2.05) is 12.1 Å². The number of hydrogen-bond donors (Lipinski definition) is 2. The number of hydrogen-bond acceptors (Lipinski definition) is 4. The van der Waals surface area contributed by atoms with Crippen LogP contribution >= 0.6 is 0 Å². The molecule has 6 nitrogen and oxygen atoms in total. The number of carboxylic acids is 1. The highest BCUT2D eigenvalue weighted by atomic mass is 16.5. The van der Waals surface area contributed by atoms with Gasteiger partial charge in [-0.15, -0.1) is 0 Å². The van der Waals surface area contributed by atoms with Crippen LogP contribution in [-0.2, 0) is 16.1 Å². The van der Waals surface area contributed by atoms with Crippen LogP contribution in [0.2, 0.25) is 0 Å². The summed E-state index contributed by atoms with van der Waals surface area (Å²) in [5.41, 5.74) is 0.788. The minimum Gasteiger partial charge on any atom is -0.493 e. The molecule has 0 saturated heterocycles. The Labute approximate surface area is 123 Å². The van der Waals surface area contributed by atoms with E-state index in [4.69, 9.17) is 14.6 Å². The molecule has 0 spiro atoms. The molecular weight excluding hydrogens is 274 g/mol. The Hall–Kier alpha value is -2.24. The van der Waals surface area contributed by atoms with Gasteiger partial charge in [-0.2, -0.15) is 0 Å². The van der Waals surface area contributed by atoms with Crippen LogP contribution in [0.4, 0.5) is 0 Å². The zero-order valence-corrected chi connectivity index (χ0v) is 12.1. The van der Waals surface area contributed by atoms with Crippen molar-refractivity contribution in [2.45, 2.75) is 19.4 Å². The average molecular weight is 293 g/mol. The van der Waals surface area contributed by atoms with Gasteiger partial charge in [0.1, 0.15) is 0 Å². The number of carboxylic acid groups (broad SMARTS) is 1. The van der Waals surface area contributed by atoms with Gasteiger partial charge in [0, 0.05) is 12.1 Å². The van der Waals surface area contributed by atoms with Crippen LogP contribution in [0.25, 0.3) is 0 Å². The first-order valence-electron chi connectivity index (χ1n) is 6.78. The third kappa shape index (κ3) is 3.09. The minimum atomic E-state index is -0.902. The van der Waals surface area contributed by atoms with E-state index in [0.717, 1.165) is 5.56 Å². The molecule has 0 bridgehead atoms. The third-order valence-electron chi connectivity index (χ3n) is 3.87. The SMILES string of the molecule is COc1cccc(CNC(=O)C2CCC2C(=O)O)c1OC. The van der Waals surface area contributed by atoms with Crippen LogP contribution in [-0.4, -0.2) is 31.2 Å². The van der Waals surface area contributed by atoms with Gasteiger partial charge in [-0.05, 0) is 18.9 Å². The number of aliphatic carboxylic acids is 1. The van der Waals surface area contributed by atoms with E-state index in [2.05, 4.69) is 5.32 Å². The van der Waals surface area contributed by atoms with Gasteiger partial charge in [0.25, 0.3) is 0 Å². The predicted octanol–water partition coefficient (Wildman–Crippen LogP) is 1.43. The molecule has 1 aromatic carbocycles. The summed E-state index contributed by atoms with van der Waals surface area (Å²) < 4.78 is 10.5. The van der Waals surface area contributed by atoms with Gasteiger partial charge in [0.2, 0.25) is 5.91 Å². The van der Waals surface area contributed by atoms with Gasteiger partial charge in [0.05, 0.1) is 26.1 Å². The Morgan fingerprint density at radius 1 is 1.24 bits per heavy atom. The van der Waals surface area contributed by atoms with Crippen molar-refractivity contribution >= 4 is 11.9 Å². The van der Waals surface area contributed by atoms with Crippen molar-refractivity contribution in [1.29, 1.82) is 0 Å². The fourth-order valence-electron chi connectivity index (χ4n) is 2.52. The van der Waals surface area contributed by atoms with E-state index < -0.39 is 17.8 Å². The topological polar surface area (TPSA) is 84.9 Å². The average Bonchev–Trinajstić information content (AvgIpc) is 2.42. The molecule has 1 amide bonds. The Morgan fingerprint density at radius 2 is 1.95 bits per heavy atom. The van der Waals surface area contributed by atoms with Crippen molar-refractivity contribution in [2.75, 3.05) is 14.2 Å². The molecule has 2 rings (SSSR count). The lowest BCUT2D eigenvalue weighted by Gasteiger charge is -2.32. The molecule has 1 saturated carbocycles. The van der Waals surface area contributed by atoms with Crippen molar-refractivity contribution in [3.63, 3.8) is 0 Å². The predicted molar refractivity (Wildman–Crippen MR) is 75.2 cm³/mol. The number of para-hydroxylation sites is 1. The highest BCUT2D eigenvalue weighted by Crippen LogP contribution is 2.35. The van der Waals surface area contributed by atoms with E-state index in [-0.39, 0.29) is 12.5 Å². The van der Waals surface area contributed by atoms with Crippen molar-refractivity contribution < 1.29 is 24.2 Å². The second-order valence-electron chi connectivity index (χ2n) is 5.00. The Bertz CT molecular complexity index is 543. The molecule has 0 aliphatic heterocycles. The first kappa shape index (κ1) is 15.2. The summed E-state index contributed by atoms with van der Waals surface area (Å²) in [7, 11) is 3.08. The molecule has 1 fully saturated rings. The van der Waals surface area contributed by atoms with E-state index >= 15 is 0 Å². The van der Waals surface area contributed by atoms with Gasteiger partial charge in [-0.25, -0.2) is 0 Å². The summed E-state index contributed by atoms with van der Waals surface area (Å²) in [6.45, 7) is 0.280. The third-order valence-corrected chi connectivity index (χ3v) is 3.87. The maximum atomic E-state index is 12.0. The second kappa shape index (κ2) is 6.47. The molecule has 1 aliphatic carbocycles. The summed E-state index contributed by atoms with van der Waals surface area (Å²) in [6.07, 6.45) is 1.19. The molecule has 2 N–H and O–H groups in total. The van der Waals surface area contributed by atoms with Crippen LogP contribution in [0.3, 0.4) is 0 Å². The van der Waals surface area contributed by atoms with E-state index in [1.165, 1.54) is 7.11 Å². The van der Waals surface area contributed by atoms with Crippen LogP contribution in [0.5, 0.6) is 11.5 Å². The van der Waals surface area contributed by atoms with Crippen molar-refractivity contribution in [2.24, 2.45) is 11.8 Å². The molecule has 1 aliphatic rings. The summed E-state index contributed by atoms with van der Waals surface area (Å²) in [5, 5.41) is 11.7. The highest BCUT2D eigenvalue weighted by molar-refractivity contribution is 5.86. The fourth-order valence-corrected chi connectivity index (χ4v) is 2.52. The number of carbonyl (C=O) groups is 2. The number of rotatable bonds is 6. The molecular formula is C15H19NO5. The van der Waals surface area contributed by atoms with Crippen LogP contribution < -0.4 is 14.8 Å². The first-order chi connectivity index (χ1) is 10.1. The van der Waals surface area contributed by atoms with Crippen LogP contribution in [0.1, 0.15) is 18.4 Å². The van der Waals surface area contributed by atoms with Crippen LogP contribution in [0.15, 0.2) is 18.2 Å². The number of carbonyl (C=O) groups excluding carboxylic acids is 1. The number of methoxy groups -OCH3 is 2. The first-order valence-corrected chi connectivity index (χ1v) is 6.78. The molecule has 1 aromatic rings. The lowest BCUT2D eigenvalue weighted by atomic mass is 9.73. The molecule has 2 unspecified atom stereocenters. The van der Waals surface area contributed by atoms with E-state index in [1.54, 1.807) is 13.2 Å². The Balaban J connectivity index is 2.00. The Morgan fingerprint density at radius 3 is 2.48 bits per heavy atom. The Kier molecular flexibility index (Phi) is 4.67. The number of ether oxygens (including phenoxy) is 2. The molecule has 0 radical (unpaired) electrons. The number of nitrogens with one attached hydrogen (secondary N) is 1. The zero-order chi connectivity index (χ0) is 15.4. The molecule has 0 heterocycles. The quantitative estimate of drug-likeness (QED) is 0.829. The normalized spacial score (nSPS) is 20.3. The summed E-state index contributed by atoms with van der Waals surface area (Å²) in [4.78, 5) is 23.0. The molecule has 21 heavy (non-hydrogen) atoms. The van der Waals surface area contributed by atoms with Gasteiger partial charge in [0.15, 0.2) is 11.5 Å². The summed E-state index contributed by atoms with van der Waals surface area (Å²) in [6, 6.07) is 5.42. The molecule has 2 atom stereocenters. The fraction of sp³-hybridized carbons (Fsp3) is 0.467. The van der Waals surface area contributed by atoms with E-state index in [0.29, 0.717) is 24.3 Å². The standard InChI is InChI=1S/C15H19NO5/c1-20-12-5-3-4-9(13(12)21-2)8-16-14(17)10-6-7-11(10)15(18)19/h3-5,10-11H,6-8H2,1-2H3,(H,16,17)(H,18,19).